The van der Waals surface area contributed by atoms with Gasteiger partial charge in [0.15, 0.2) is 5.78 Å². The Morgan fingerprint density at radius 1 is 1.24 bits per heavy atom. The molecule has 0 aliphatic carbocycles. The molecule has 2 aliphatic heterocycles. The van der Waals surface area contributed by atoms with Gasteiger partial charge in [-0.05, 0) is 44.2 Å². The summed E-state index contributed by atoms with van der Waals surface area (Å²) in [6.45, 7) is 1.97. The van der Waals surface area contributed by atoms with Gasteiger partial charge in [0, 0.05) is 32.8 Å². The second-order valence-electron chi connectivity index (χ2n) is 6.22. The highest BCUT2D eigenvalue weighted by atomic mass is 32.2. The van der Waals surface area contributed by atoms with Crippen molar-refractivity contribution in [3.8, 4) is 5.75 Å². The summed E-state index contributed by atoms with van der Waals surface area (Å²) in [7, 11) is 0.914. The first-order chi connectivity index (χ1) is 10.1. The number of hydrogen-bond acceptors (Lipinski definition) is 3. The van der Waals surface area contributed by atoms with E-state index in [1.54, 1.807) is 7.11 Å². The highest BCUT2D eigenvalue weighted by Gasteiger charge is 2.40. The summed E-state index contributed by atoms with van der Waals surface area (Å²) >= 11 is 0. The Morgan fingerprint density at radius 3 is 2.52 bits per heavy atom. The highest BCUT2D eigenvalue weighted by Crippen LogP contribution is 2.38. The third-order valence-electron chi connectivity index (χ3n) is 4.87. The van der Waals surface area contributed by atoms with Crippen LogP contribution in [0.5, 0.6) is 5.75 Å². The van der Waals surface area contributed by atoms with Crippen LogP contribution >= 0.6 is 0 Å². The van der Waals surface area contributed by atoms with Crippen molar-refractivity contribution >= 4 is 16.6 Å². The second-order valence-corrected chi connectivity index (χ2v) is 8.21. The van der Waals surface area contributed by atoms with Crippen LogP contribution in [-0.4, -0.2) is 27.6 Å². The minimum absolute atomic E-state index is 0.0328. The van der Waals surface area contributed by atoms with Gasteiger partial charge in [-0.15, -0.1) is 0 Å². The number of ketones is 1. The maximum atomic E-state index is 12.8. The quantitative estimate of drug-likeness (QED) is 0.805. The largest absolute Gasteiger partial charge is 0.496 e. The molecule has 0 radical (unpaired) electrons. The molecule has 1 aromatic rings. The fraction of sp³-hybridized carbons (Fsp3) is 0.588. The maximum absolute atomic E-state index is 12.8. The van der Waals surface area contributed by atoms with Crippen LogP contribution in [0, 0.1) is 12.8 Å². The molecule has 2 aliphatic rings. The van der Waals surface area contributed by atoms with Crippen molar-refractivity contribution in [3.05, 3.63) is 29.3 Å². The molecule has 3 rings (SSSR count). The molecule has 2 atom stereocenters. The molecule has 1 aromatic carbocycles. The lowest BCUT2D eigenvalue weighted by molar-refractivity contribution is 0.0895. The SMILES string of the molecule is COc1cc(C(=O)C2CC3CCCC(C2)S3=O)ccc1C. The van der Waals surface area contributed by atoms with Crippen LogP contribution in [0.1, 0.15) is 48.0 Å². The molecule has 2 fully saturated rings. The van der Waals surface area contributed by atoms with E-state index in [2.05, 4.69) is 0 Å². The average Bonchev–Trinajstić information content (AvgIpc) is 2.47. The molecular weight excluding hydrogens is 284 g/mol. The van der Waals surface area contributed by atoms with E-state index in [9.17, 15) is 9.00 Å². The fourth-order valence-corrected chi connectivity index (χ4v) is 5.84. The molecule has 4 heteroatoms. The van der Waals surface area contributed by atoms with Crippen molar-refractivity contribution in [2.45, 2.75) is 49.5 Å². The van der Waals surface area contributed by atoms with E-state index >= 15 is 0 Å². The van der Waals surface area contributed by atoms with Crippen LogP contribution in [0.15, 0.2) is 18.2 Å². The number of carbonyl (C=O) groups excluding carboxylic acids is 1. The Hall–Kier alpha value is -1.16. The molecule has 0 saturated carbocycles. The molecule has 2 bridgehead atoms. The minimum atomic E-state index is -0.716. The van der Waals surface area contributed by atoms with E-state index in [4.69, 9.17) is 4.74 Å². The number of aryl methyl sites for hydroxylation is 1. The van der Waals surface area contributed by atoms with E-state index in [0.717, 1.165) is 42.6 Å². The van der Waals surface area contributed by atoms with Crippen LogP contribution < -0.4 is 4.74 Å². The van der Waals surface area contributed by atoms with Gasteiger partial charge < -0.3 is 4.74 Å². The summed E-state index contributed by atoms with van der Waals surface area (Å²) in [4.78, 5) is 12.8. The number of benzene rings is 1. The molecule has 2 unspecified atom stereocenters. The molecule has 2 heterocycles. The van der Waals surface area contributed by atoms with E-state index < -0.39 is 10.8 Å². The first-order valence-corrected chi connectivity index (χ1v) is 8.96. The van der Waals surface area contributed by atoms with Gasteiger partial charge in [0.1, 0.15) is 5.75 Å². The summed E-state index contributed by atoms with van der Waals surface area (Å²) in [5, 5.41) is 0.470. The van der Waals surface area contributed by atoms with Crippen LogP contribution in [0.2, 0.25) is 0 Å². The molecule has 0 aromatic heterocycles. The van der Waals surface area contributed by atoms with Gasteiger partial charge in [0.2, 0.25) is 0 Å². The van der Waals surface area contributed by atoms with E-state index in [-0.39, 0.29) is 22.2 Å². The standard InChI is InChI=1S/C17H22O3S/c1-11-6-7-12(10-16(11)20-2)17(18)13-8-14-4-3-5-15(9-13)21(14)19/h6-7,10,13-15H,3-5,8-9H2,1-2H3. The monoisotopic (exact) mass is 306 g/mol. The van der Waals surface area contributed by atoms with Crippen molar-refractivity contribution in [1.82, 2.24) is 0 Å². The van der Waals surface area contributed by atoms with Crippen LogP contribution in [0.25, 0.3) is 0 Å². The lowest BCUT2D eigenvalue weighted by Crippen LogP contribution is -2.41. The number of hydrogen-bond donors (Lipinski definition) is 0. The molecule has 0 N–H and O–H groups in total. The summed E-state index contributed by atoms with van der Waals surface area (Å²) in [6.07, 6.45) is 4.78. The zero-order valence-corrected chi connectivity index (χ0v) is 13.4. The van der Waals surface area contributed by atoms with Crippen LogP contribution in [0.3, 0.4) is 0 Å². The Labute approximate surface area is 128 Å². The predicted molar refractivity (Wildman–Crippen MR) is 84.4 cm³/mol. The predicted octanol–water partition coefficient (Wildman–Crippen LogP) is 3.27. The van der Waals surface area contributed by atoms with Crippen LogP contribution in [-0.2, 0) is 10.8 Å². The van der Waals surface area contributed by atoms with E-state index in [0.29, 0.717) is 0 Å². The molecular formula is C17H22O3S. The smallest absolute Gasteiger partial charge is 0.166 e. The molecule has 3 nitrogen and oxygen atoms in total. The van der Waals surface area contributed by atoms with E-state index in [1.807, 2.05) is 25.1 Å². The van der Waals surface area contributed by atoms with Crippen molar-refractivity contribution in [2.75, 3.05) is 7.11 Å². The number of rotatable bonds is 3. The van der Waals surface area contributed by atoms with Gasteiger partial charge in [-0.1, -0.05) is 18.6 Å². The van der Waals surface area contributed by atoms with Crippen molar-refractivity contribution in [1.29, 1.82) is 0 Å². The lowest BCUT2D eigenvalue weighted by atomic mass is 9.84. The van der Waals surface area contributed by atoms with Crippen LogP contribution in [0.4, 0.5) is 0 Å². The molecule has 21 heavy (non-hydrogen) atoms. The summed E-state index contributed by atoms with van der Waals surface area (Å²) in [5.41, 5.74) is 1.77. The lowest BCUT2D eigenvalue weighted by Gasteiger charge is -2.37. The zero-order valence-electron chi connectivity index (χ0n) is 12.6. The fourth-order valence-electron chi connectivity index (χ4n) is 3.66. The van der Waals surface area contributed by atoms with Gasteiger partial charge in [-0.3, -0.25) is 9.00 Å². The average molecular weight is 306 g/mol. The minimum Gasteiger partial charge on any atom is -0.496 e. The van der Waals surface area contributed by atoms with Gasteiger partial charge >= 0.3 is 0 Å². The summed E-state index contributed by atoms with van der Waals surface area (Å²) in [5.74, 6) is 0.993. The Morgan fingerprint density at radius 2 is 1.90 bits per heavy atom. The number of Topliss-reactive ketones (excluding diaryl/α,β-unsaturated/α-hetero) is 1. The Balaban J connectivity index is 1.81. The molecule has 0 spiro atoms. The Kier molecular flexibility index (Phi) is 4.16. The molecule has 0 amide bonds. The number of methoxy groups -OCH3 is 1. The van der Waals surface area contributed by atoms with Gasteiger partial charge in [0.25, 0.3) is 0 Å². The number of ether oxygens (including phenoxy) is 1. The van der Waals surface area contributed by atoms with Gasteiger partial charge in [-0.25, -0.2) is 0 Å². The normalized spacial score (nSPS) is 31.7. The number of carbonyl (C=O) groups is 1. The summed E-state index contributed by atoms with van der Waals surface area (Å²) in [6, 6.07) is 5.68. The van der Waals surface area contributed by atoms with Gasteiger partial charge in [-0.2, -0.15) is 0 Å². The first-order valence-electron chi connectivity index (χ1n) is 7.68. The summed E-state index contributed by atoms with van der Waals surface area (Å²) < 4.78 is 17.6. The van der Waals surface area contributed by atoms with Crippen molar-refractivity contribution in [2.24, 2.45) is 5.92 Å². The third kappa shape index (κ3) is 2.78. The maximum Gasteiger partial charge on any atom is 0.166 e. The third-order valence-corrected chi connectivity index (χ3v) is 7.04. The Bertz CT molecular complexity index is 565. The second kappa shape index (κ2) is 5.91. The highest BCUT2D eigenvalue weighted by molar-refractivity contribution is 7.86. The van der Waals surface area contributed by atoms with Gasteiger partial charge in [0.05, 0.1) is 7.11 Å². The topological polar surface area (TPSA) is 43.4 Å². The zero-order chi connectivity index (χ0) is 15.0. The van der Waals surface area contributed by atoms with Crippen molar-refractivity contribution in [3.63, 3.8) is 0 Å². The first kappa shape index (κ1) is 14.8. The molecule has 2 saturated heterocycles. The molecule has 114 valence electrons. The van der Waals surface area contributed by atoms with Crippen molar-refractivity contribution < 1.29 is 13.7 Å². The number of fused-ring (bicyclic) bond motifs is 2. The van der Waals surface area contributed by atoms with E-state index in [1.165, 1.54) is 6.42 Å².